The second kappa shape index (κ2) is 13.8. The molecule has 1 N–H and O–H groups in total. The van der Waals surface area contributed by atoms with E-state index in [1.165, 1.54) is 21.3 Å². The number of nitrogens with one attached hydrogen (secondary N) is 1. The first kappa shape index (κ1) is 29.1. The molecule has 0 saturated heterocycles. The fourth-order valence-electron chi connectivity index (χ4n) is 3.69. The number of para-hydroxylation sites is 2. The zero-order valence-electron chi connectivity index (χ0n) is 21.4. The summed E-state index contributed by atoms with van der Waals surface area (Å²) in [5, 5.41) is 2.80. The lowest BCUT2D eigenvalue weighted by Crippen LogP contribution is -2.47. The van der Waals surface area contributed by atoms with Gasteiger partial charge in [-0.2, -0.15) is 0 Å². The van der Waals surface area contributed by atoms with E-state index in [0.29, 0.717) is 30.2 Å². The smallest absolute Gasteiger partial charge is 0.242 e. The van der Waals surface area contributed by atoms with Gasteiger partial charge in [-0.3, -0.25) is 13.9 Å². The van der Waals surface area contributed by atoms with Crippen molar-refractivity contribution in [2.45, 2.75) is 52.6 Å². The van der Waals surface area contributed by atoms with Crippen molar-refractivity contribution in [2.24, 2.45) is 0 Å². The van der Waals surface area contributed by atoms with Gasteiger partial charge in [-0.1, -0.05) is 31.2 Å². The molecule has 0 saturated carbocycles. The molecule has 2 aromatic carbocycles. The number of hydrogen-bond acceptors (Lipinski definition) is 5. The van der Waals surface area contributed by atoms with Gasteiger partial charge in [0, 0.05) is 26.1 Å². The molecular weight excluding hydrogens is 485 g/mol. The lowest BCUT2D eigenvalue weighted by molar-refractivity contribution is -0.140. The summed E-state index contributed by atoms with van der Waals surface area (Å²) in [6.45, 7) is 6.46. The van der Waals surface area contributed by atoms with E-state index in [1.807, 2.05) is 13.8 Å². The fourth-order valence-corrected chi connectivity index (χ4v) is 4.66. The van der Waals surface area contributed by atoms with Gasteiger partial charge in [0.25, 0.3) is 0 Å². The maximum absolute atomic E-state index is 13.4. The second-order valence-electron chi connectivity index (χ2n) is 8.45. The Hall–Kier alpha value is -3.14. The topological polar surface area (TPSA) is 96.0 Å². The highest BCUT2D eigenvalue weighted by Crippen LogP contribution is 2.30. The molecule has 0 fully saturated rings. The van der Waals surface area contributed by atoms with Crippen LogP contribution in [0.5, 0.6) is 5.75 Å². The van der Waals surface area contributed by atoms with Crippen LogP contribution in [-0.4, -0.2) is 57.1 Å². The molecular formula is C26H36FN3O5S. The molecule has 0 heterocycles. The minimum absolute atomic E-state index is 0.0232. The summed E-state index contributed by atoms with van der Waals surface area (Å²) in [6.07, 6.45) is 2.12. The number of carbonyl (C=O) groups is 2. The minimum atomic E-state index is -3.64. The van der Waals surface area contributed by atoms with Crippen LogP contribution in [0.4, 0.5) is 10.1 Å². The first-order valence-electron chi connectivity index (χ1n) is 12.1. The molecule has 1 atom stereocenters. The van der Waals surface area contributed by atoms with Crippen molar-refractivity contribution in [1.29, 1.82) is 0 Å². The highest BCUT2D eigenvalue weighted by molar-refractivity contribution is 7.92. The Morgan fingerprint density at radius 1 is 1.08 bits per heavy atom. The number of anilines is 1. The van der Waals surface area contributed by atoms with Crippen molar-refractivity contribution in [3.63, 3.8) is 0 Å². The van der Waals surface area contributed by atoms with Crippen LogP contribution in [0.2, 0.25) is 0 Å². The van der Waals surface area contributed by atoms with Crippen molar-refractivity contribution < 1.29 is 27.1 Å². The third-order valence-corrected chi connectivity index (χ3v) is 6.75. The Morgan fingerprint density at radius 3 is 2.36 bits per heavy atom. The van der Waals surface area contributed by atoms with Gasteiger partial charge >= 0.3 is 0 Å². The van der Waals surface area contributed by atoms with Crippen LogP contribution < -0.4 is 14.4 Å². The average Bonchev–Trinajstić information content (AvgIpc) is 2.84. The van der Waals surface area contributed by atoms with E-state index >= 15 is 0 Å². The molecule has 2 aromatic rings. The number of halogens is 1. The third kappa shape index (κ3) is 8.51. The maximum atomic E-state index is 13.4. The Bertz CT molecular complexity index is 1110. The number of amides is 2. The normalized spacial score (nSPS) is 12.0. The summed E-state index contributed by atoms with van der Waals surface area (Å²) in [7, 11) is -3.64. The molecule has 0 radical (unpaired) electrons. The molecule has 36 heavy (non-hydrogen) atoms. The predicted molar refractivity (Wildman–Crippen MR) is 139 cm³/mol. The molecule has 0 aliphatic carbocycles. The third-order valence-electron chi connectivity index (χ3n) is 5.57. The highest BCUT2D eigenvalue weighted by atomic mass is 32.2. The van der Waals surface area contributed by atoms with E-state index in [-0.39, 0.29) is 37.7 Å². The summed E-state index contributed by atoms with van der Waals surface area (Å²) in [6, 6.07) is 11.8. The van der Waals surface area contributed by atoms with Gasteiger partial charge in [0.15, 0.2) is 0 Å². The minimum Gasteiger partial charge on any atom is -0.492 e. The van der Waals surface area contributed by atoms with Gasteiger partial charge in [0.05, 0.1) is 18.6 Å². The molecule has 8 nitrogen and oxygen atoms in total. The van der Waals surface area contributed by atoms with Gasteiger partial charge < -0.3 is 15.0 Å². The fraction of sp³-hybridized carbons (Fsp3) is 0.462. The number of ether oxygens (including phenoxy) is 1. The molecule has 0 spiro atoms. The van der Waals surface area contributed by atoms with Gasteiger partial charge in [0.1, 0.15) is 17.6 Å². The van der Waals surface area contributed by atoms with E-state index in [0.717, 1.165) is 12.7 Å². The number of benzene rings is 2. The second-order valence-corrected chi connectivity index (χ2v) is 10.4. The average molecular weight is 522 g/mol. The monoisotopic (exact) mass is 521 g/mol. The van der Waals surface area contributed by atoms with E-state index in [9.17, 15) is 22.4 Å². The maximum Gasteiger partial charge on any atom is 0.242 e. The summed E-state index contributed by atoms with van der Waals surface area (Å²) in [5.41, 5.74) is 1.09. The first-order chi connectivity index (χ1) is 17.1. The van der Waals surface area contributed by atoms with E-state index in [2.05, 4.69) is 5.32 Å². The van der Waals surface area contributed by atoms with Gasteiger partial charge in [-0.15, -0.1) is 0 Å². The van der Waals surface area contributed by atoms with Gasteiger partial charge in [0.2, 0.25) is 21.8 Å². The van der Waals surface area contributed by atoms with Gasteiger partial charge in [-0.25, -0.2) is 12.8 Å². The zero-order valence-corrected chi connectivity index (χ0v) is 22.2. The molecule has 2 amide bonds. The van der Waals surface area contributed by atoms with Crippen molar-refractivity contribution >= 4 is 27.5 Å². The summed E-state index contributed by atoms with van der Waals surface area (Å²) in [5.74, 6) is -0.532. The van der Waals surface area contributed by atoms with Crippen LogP contribution in [0, 0.1) is 5.82 Å². The van der Waals surface area contributed by atoms with Gasteiger partial charge in [-0.05, 0) is 56.5 Å². The molecule has 1 unspecified atom stereocenters. The number of carbonyl (C=O) groups excluding carboxylic acids is 2. The van der Waals surface area contributed by atoms with Crippen LogP contribution in [0.3, 0.4) is 0 Å². The Kier molecular flexibility index (Phi) is 11.2. The summed E-state index contributed by atoms with van der Waals surface area (Å²) >= 11 is 0. The molecule has 198 valence electrons. The molecule has 10 heteroatoms. The SMILES string of the molecule is CCCNC(=O)C(C)N(Cc1ccc(F)cc1)C(=O)CCCN(c1ccccc1OCC)S(C)(=O)=O. The summed E-state index contributed by atoms with van der Waals surface area (Å²) < 4.78 is 45.3. The van der Waals surface area contributed by atoms with Crippen LogP contribution in [0.1, 0.15) is 45.6 Å². The Labute approximate surface area is 213 Å². The lowest BCUT2D eigenvalue weighted by atomic mass is 10.1. The van der Waals surface area contributed by atoms with Crippen LogP contribution in [-0.2, 0) is 26.2 Å². The van der Waals surface area contributed by atoms with Crippen molar-refractivity contribution in [2.75, 3.05) is 30.3 Å². The standard InChI is InChI=1S/C26H36FN3O5S/c1-5-17-28-26(32)20(3)29(19-21-13-15-22(27)16-14-21)25(31)12-9-18-30(36(4,33)34)23-10-7-8-11-24(23)35-6-2/h7-8,10-11,13-16,20H,5-6,9,12,17-19H2,1-4H3,(H,28,32). The van der Waals surface area contributed by atoms with E-state index < -0.39 is 21.9 Å². The molecule has 0 aliphatic heterocycles. The van der Waals surface area contributed by atoms with Crippen LogP contribution in [0.15, 0.2) is 48.5 Å². The zero-order chi connectivity index (χ0) is 26.7. The molecule has 0 aliphatic rings. The van der Waals surface area contributed by atoms with Crippen molar-refractivity contribution in [3.05, 3.63) is 59.9 Å². The quantitative estimate of drug-likeness (QED) is 0.409. The largest absolute Gasteiger partial charge is 0.492 e. The number of rotatable bonds is 14. The Balaban J connectivity index is 2.18. The Morgan fingerprint density at radius 2 is 1.75 bits per heavy atom. The molecule has 0 aromatic heterocycles. The number of nitrogens with zero attached hydrogens (tertiary/aromatic N) is 2. The van der Waals surface area contributed by atoms with Crippen LogP contribution >= 0.6 is 0 Å². The first-order valence-corrected chi connectivity index (χ1v) is 13.9. The summed E-state index contributed by atoms with van der Waals surface area (Å²) in [4.78, 5) is 27.3. The van der Waals surface area contributed by atoms with Crippen molar-refractivity contribution in [1.82, 2.24) is 10.2 Å². The van der Waals surface area contributed by atoms with E-state index in [1.54, 1.807) is 43.3 Å². The molecule has 2 rings (SSSR count). The van der Waals surface area contributed by atoms with E-state index in [4.69, 9.17) is 4.74 Å². The molecule has 0 bridgehead atoms. The lowest BCUT2D eigenvalue weighted by Gasteiger charge is -2.29. The predicted octanol–water partition coefficient (Wildman–Crippen LogP) is 3.71. The highest BCUT2D eigenvalue weighted by Gasteiger charge is 2.27. The van der Waals surface area contributed by atoms with Crippen LogP contribution in [0.25, 0.3) is 0 Å². The van der Waals surface area contributed by atoms with Crippen molar-refractivity contribution in [3.8, 4) is 5.75 Å². The number of sulfonamides is 1. The number of hydrogen-bond donors (Lipinski definition) is 1.